The minimum absolute atomic E-state index is 0.211. The molecule has 2 aromatic heterocycles. The first-order valence-electron chi connectivity index (χ1n) is 5.46. The Bertz CT molecular complexity index is 572. The topological polar surface area (TPSA) is 54.9 Å². The van der Waals surface area contributed by atoms with E-state index < -0.39 is 0 Å². The van der Waals surface area contributed by atoms with Crippen molar-refractivity contribution in [3.05, 3.63) is 58.6 Å². The molecule has 0 fully saturated rings. The Hall–Kier alpha value is -1.94. The largest absolute Gasteiger partial charge is 0.348 e. The van der Waals surface area contributed by atoms with E-state index in [0.29, 0.717) is 17.1 Å². The summed E-state index contributed by atoms with van der Waals surface area (Å²) in [6, 6.07) is 5.38. The van der Waals surface area contributed by atoms with Gasteiger partial charge >= 0.3 is 0 Å². The number of halogens is 1. The molecule has 0 aromatic carbocycles. The summed E-state index contributed by atoms with van der Waals surface area (Å²) < 4.78 is 0. The molecule has 18 heavy (non-hydrogen) atoms. The zero-order chi connectivity index (χ0) is 13.0. The molecule has 0 aliphatic carbocycles. The van der Waals surface area contributed by atoms with Gasteiger partial charge in [0.1, 0.15) is 0 Å². The van der Waals surface area contributed by atoms with Crippen molar-refractivity contribution in [2.75, 3.05) is 0 Å². The molecule has 2 aromatic rings. The van der Waals surface area contributed by atoms with Gasteiger partial charge in [0, 0.05) is 30.8 Å². The summed E-state index contributed by atoms with van der Waals surface area (Å²) in [7, 11) is 0. The number of pyridine rings is 2. The van der Waals surface area contributed by atoms with Crippen molar-refractivity contribution in [3.63, 3.8) is 0 Å². The number of hydrogen-bond acceptors (Lipinski definition) is 3. The summed E-state index contributed by atoms with van der Waals surface area (Å²) in [5.41, 5.74) is 2.35. The fourth-order valence-electron chi connectivity index (χ4n) is 1.55. The molecule has 1 amide bonds. The van der Waals surface area contributed by atoms with Crippen LogP contribution < -0.4 is 5.32 Å². The van der Waals surface area contributed by atoms with Crippen LogP contribution in [0.3, 0.4) is 0 Å². The van der Waals surface area contributed by atoms with E-state index in [-0.39, 0.29) is 5.91 Å². The Morgan fingerprint density at radius 3 is 2.94 bits per heavy atom. The van der Waals surface area contributed by atoms with E-state index >= 15 is 0 Å². The molecular weight excluding hydrogens is 250 g/mol. The third kappa shape index (κ3) is 3.05. The van der Waals surface area contributed by atoms with E-state index in [9.17, 15) is 4.79 Å². The minimum atomic E-state index is -0.211. The second-order valence-corrected chi connectivity index (χ2v) is 4.25. The number of amides is 1. The van der Waals surface area contributed by atoms with Crippen LogP contribution in [0.5, 0.6) is 0 Å². The summed E-state index contributed by atoms with van der Waals surface area (Å²) >= 11 is 5.89. The molecule has 0 radical (unpaired) electrons. The van der Waals surface area contributed by atoms with Crippen LogP contribution in [-0.2, 0) is 6.54 Å². The minimum Gasteiger partial charge on any atom is -0.348 e. The Labute approximate surface area is 110 Å². The zero-order valence-electron chi connectivity index (χ0n) is 9.85. The summed E-state index contributed by atoms with van der Waals surface area (Å²) in [6.45, 7) is 2.35. The van der Waals surface area contributed by atoms with Gasteiger partial charge in [-0.1, -0.05) is 11.6 Å². The molecule has 0 atom stereocenters. The first-order valence-corrected chi connectivity index (χ1v) is 5.84. The Morgan fingerprint density at radius 2 is 2.22 bits per heavy atom. The van der Waals surface area contributed by atoms with Gasteiger partial charge in [0.2, 0.25) is 0 Å². The Kier molecular flexibility index (Phi) is 3.89. The number of nitrogens with one attached hydrogen (secondary N) is 1. The molecule has 0 spiro atoms. The Morgan fingerprint density at radius 1 is 1.39 bits per heavy atom. The molecule has 4 nitrogen and oxygen atoms in total. The van der Waals surface area contributed by atoms with E-state index in [4.69, 9.17) is 11.6 Å². The van der Waals surface area contributed by atoms with E-state index in [1.54, 1.807) is 12.3 Å². The van der Waals surface area contributed by atoms with Crippen LogP contribution in [0.4, 0.5) is 0 Å². The summed E-state index contributed by atoms with van der Waals surface area (Å²) in [4.78, 5) is 19.8. The molecule has 92 valence electrons. The van der Waals surface area contributed by atoms with Gasteiger partial charge in [-0.2, -0.15) is 0 Å². The highest BCUT2D eigenvalue weighted by atomic mass is 35.5. The van der Waals surface area contributed by atoms with Crippen molar-refractivity contribution in [3.8, 4) is 0 Å². The lowest BCUT2D eigenvalue weighted by atomic mass is 10.2. The third-order valence-corrected chi connectivity index (χ3v) is 2.73. The van der Waals surface area contributed by atoms with Gasteiger partial charge in [-0.25, -0.2) is 0 Å². The van der Waals surface area contributed by atoms with Crippen molar-refractivity contribution >= 4 is 17.5 Å². The zero-order valence-corrected chi connectivity index (χ0v) is 10.6. The Balaban J connectivity index is 2.03. The molecule has 0 aliphatic rings. The predicted octanol–water partition coefficient (Wildman–Crippen LogP) is 2.37. The lowest BCUT2D eigenvalue weighted by molar-refractivity contribution is 0.0951. The van der Waals surface area contributed by atoms with E-state index in [1.165, 1.54) is 12.4 Å². The van der Waals surface area contributed by atoms with Gasteiger partial charge < -0.3 is 5.32 Å². The van der Waals surface area contributed by atoms with Crippen molar-refractivity contribution in [2.24, 2.45) is 0 Å². The SMILES string of the molecule is Cc1cc(CNC(=O)c2ccncc2Cl)ccn1. The maximum absolute atomic E-state index is 11.9. The van der Waals surface area contributed by atoms with Crippen LogP contribution in [0.1, 0.15) is 21.6 Å². The first kappa shape index (κ1) is 12.5. The second kappa shape index (κ2) is 5.60. The summed E-state index contributed by atoms with van der Waals surface area (Å²) in [5, 5.41) is 3.15. The molecule has 2 rings (SSSR count). The number of carbonyl (C=O) groups excluding carboxylic acids is 1. The van der Waals surface area contributed by atoms with Crippen LogP contribution in [0.15, 0.2) is 36.8 Å². The van der Waals surface area contributed by atoms with Crippen molar-refractivity contribution < 1.29 is 4.79 Å². The number of hydrogen-bond donors (Lipinski definition) is 1. The van der Waals surface area contributed by atoms with Gasteiger partial charge in [0.05, 0.1) is 10.6 Å². The van der Waals surface area contributed by atoms with Gasteiger partial charge in [0.25, 0.3) is 5.91 Å². The van der Waals surface area contributed by atoms with Crippen LogP contribution in [0.2, 0.25) is 5.02 Å². The van der Waals surface area contributed by atoms with Gasteiger partial charge in [-0.15, -0.1) is 0 Å². The monoisotopic (exact) mass is 261 g/mol. The molecule has 1 N–H and O–H groups in total. The summed E-state index contributed by atoms with van der Waals surface area (Å²) in [5.74, 6) is -0.211. The molecule has 0 saturated heterocycles. The number of aryl methyl sites for hydroxylation is 1. The van der Waals surface area contributed by atoms with Crippen molar-refractivity contribution in [1.82, 2.24) is 15.3 Å². The van der Waals surface area contributed by atoms with E-state index in [2.05, 4.69) is 15.3 Å². The second-order valence-electron chi connectivity index (χ2n) is 3.84. The number of rotatable bonds is 3. The molecule has 0 saturated carbocycles. The highest BCUT2D eigenvalue weighted by molar-refractivity contribution is 6.33. The van der Waals surface area contributed by atoms with Gasteiger partial charge in [-0.3, -0.25) is 14.8 Å². The highest BCUT2D eigenvalue weighted by Crippen LogP contribution is 2.13. The molecular formula is C13H12ClN3O. The van der Waals surface area contributed by atoms with Crippen LogP contribution in [-0.4, -0.2) is 15.9 Å². The number of aromatic nitrogens is 2. The smallest absolute Gasteiger partial charge is 0.253 e. The third-order valence-electron chi connectivity index (χ3n) is 2.43. The van der Waals surface area contributed by atoms with E-state index in [0.717, 1.165) is 11.3 Å². The molecule has 5 heteroatoms. The van der Waals surface area contributed by atoms with E-state index in [1.807, 2.05) is 19.1 Å². The normalized spacial score (nSPS) is 10.1. The standard InChI is InChI=1S/C13H12ClN3O/c1-9-6-10(2-5-16-9)7-17-13(18)11-3-4-15-8-12(11)14/h2-6,8H,7H2,1H3,(H,17,18). The number of nitrogens with zero attached hydrogens (tertiary/aromatic N) is 2. The average molecular weight is 262 g/mol. The first-order chi connectivity index (χ1) is 8.66. The lowest BCUT2D eigenvalue weighted by Gasteiger charge is -2.06. The maximum Gasteiger partial charge on any atom is 0.253 e. The highest BCUT2D eigenvalue weighted by Gasteiger charge is 2.09. The van der Waals surface area contributed by atoms with Gasteiger partial charge in [0.15, 0.2) is 0 Å². The fourth-order valence-corrected chi connectivity index (χ4v) is 1.76. The van der Waals surface area contributed by atoms with Crippen LogP contribution in [0, 0.1) is 6.92 Å². The van der Waals surface area contributed by atoms with Crippen LogP contribution in [0.25, 0.3) is 0 Å². The number of carbonyl (C=O) groups is 1. The summed E-state index contributed by atoms with van der Waals surface area (Å²) in [6.07, 6.45) is 4.71. The maximum atomic E-state index is 11.9. The quantitative estimate of drug-likeness (QED) is 0.923. The molecule has 0 bridgehead atoms. The fraction of sp³-hybridized carbons (Fsp3) is 0.154. The van der Waals surface area contributed by atoms with Gasteiger partial charge in [-0.05, 0) is 30.7 Å². The average Bonchev–Trinajstić information content (AvgIpc) is 2.37. The molecule has 2 heterocycles. The lowest BCUT2D eigenvalue weighted by Crippen LogP contribution is -2.23. The van der Waals surface area contributed by atoms with Crippen molar-refractivity contribution in [2.45, 2.75) is 13.5 Å². The molecule has 0 aliphatic heterocycles. The predicted molar refractivity (Wildman–Crippen MR) is 69.4 cm³/mol. The molecule has 0 unspecified atom stereocenters. The van der Waals surface area contributed by atoms with Crippen LogP contribution >= 0.6 is 11.6 Å². The van der Waals surface area contributed by atoms with Crippen molar-refractivity contribution in [1.29, 1.82) is 0 Å².